The third kappa shape index (κ3) is 3.04. The lowest BCUT2D eigenvalue weighted by molar-refractivity contribution is 0.154. The quantitative estimate of drug-likeness (QED) is 0.886. The van der Waals surface area contributed by atoms with Gasteiger partial charge in [-0.25, -0.2) is 14.8 Å². The molecule has 0 saturated carbocycles. The van der Waals surface area contributed by atoms with Gasteiger partial charge in [-0.05, 0) is 33.1 Å². The zero-order chi connectivity index (χ0) is 17.3. The molecule has 1 atom stereocenters. The molecule has 128 valence electrons. The molecular formula is C16H21N5O3. The second kappa shape index (κ2) is 6.46. The van der Waals surface area contributed by atoms with Crippen molar-refractivity contribution in [1.29, 1.82) is 0 Å². The summed E-state index contributed by atoms with van der Waals surface area (Å²) >= 11 is 0. The molecule has 0 radical (unpaired) electrons. The maximum Gasteiger partial charge on any atom is 0.407 e. The number of aryl methyl sites for hydroxylation is 2. The van der Waals surface area contributed by atoms with Crippen molar-refractivity contribution in [1.82, 2.24) is 20.0 Å². The molecule has 1 aliphatic heterocycles. The summed E-state index contributed by atoms with van der Waals surface area (Å²) in [4.78, 5) is 21.1. The standard InChI is InChI=1S/C16H21N5O3/c1-9-14(13-10(2)20-24-11(13)3)18-8-19-15(9)17-6-12-4-5-21(7-12)16(22)23/h8,12H,4-7H2,1-3H3,(H,22,23)(H,17,18,19). The minimum absolute atomic E-state index is 0.290. The molecule has 8 heteroatoms. The largest absolute Gasteiger partial charge is 0.465 e. The van der Waals surface area contributed by atoms with Crippen molar-refractivity contribution in [2.75, 3.05) is 25.0 Å². The first-order valence-corrected chi connectivity index (χ1v) is 7.94. The van der Waals surface area contributed by atoms with E-state index in [1.807, 2.05) is 20.8 Å². The van der Waals surface area contributed by atoms with Gasteiger partial charge in [0, 0.05) is 25.2 Å². The molecule has 0 bridgehead atoms. The van der Waals surface area contributed by atoms with Crippen LogP contribution in [0, 0.1) is 26.7 Å². The van der Waals surface area contributed by atoms with Crippen LogP contribution in [0.15, 0.2) is 10.9 Å². The monoisotopic (exact) mass is 331 g/mol. The first-order chi connectivity index (χ1) is 11.5. The number of carbonyl (C=O) groups is 1. The molecule has 0 aliphatic carbocycles. The molecule has 2 aromatic rings. The van der Waals surface area contributed by atoms with Crippen LogP contribution in [-0.4, -0.2) is 50.9 Å². The predicted molar refractivity (Wildman–Crippen MR) is 87.9 cm³/mol. The van der Waals surface area contributed by atoms with Gasteiger partial charge in [0.1, 0.15) is 17.9 Å². The topological polar surface area (TPSA) is 104 Å². The summed E-state index contributed by atoms with van der Waals surface area (Å²) in [5.41, 5.74) is 3.44. The van der Waals surface area contributed by atoms with Crippen molar-refractivity contribution in [3.63, 3.8) is 0 Å². The lowest BCUT2D eigenvalue weighted by Crippen LogP contribution is -2.28. The molecular weight excluding hydrogens is 310 g/mol. The fraction of sp³-hybridized carbons (Fsp3) is 0.500. The molecule has 24 heavy (non-hydrogen) atoms. The number of likely N-dealkylation sites (tertiary alicyclic amines) is 1. The van der Waals surface area contributed by atoms with Gasteiger partial charge < -0.3 is 19.8 Å². The number of nitrogens with one attached hydrogen (secondary N) is 1. The summed E-state index contributed by atoms with van der Waals surface area (Å²) < 4.78 is 5.23. The molecule has 1 fully saturated rings. The van der Waals surface area contributed by atoms with Gasteiger partial charge in [0.15, 0.2) is 0 Å². The zero-order valence-electron chi connectivity index (χ0n) is 14.0. The Kier molecular flexibility index (Phi) is 4.37. The van der Waals surface area contributed by atoms with Crippen LogP contribution in [0.4, 0.5) is 10.6 Å². The second-order valence-corrected chi connectivity index (χ2v) is 6.16. The molecule has 1 unspecified atom stereocenters. The Balaban J connectivity index is 1.74. The van der Waals surface area contributed by atoms with Gasteiger partial charge in [-0.2, -0.15) is 0 Å². The Hall–Kier alpha value is -2.64. The number of anilines is 1. The minimum Gasteiger partial charge on any atom is -0.465 e. The number of aromatic nitrogens is 3. The van der Waals surface area contributed by atoms with Crippen molar-refractivity contribution < 1.29 is 14.4 Å². The van der Waals surface area contributed by atoms with E-state index in [9.17, 15) is 4.79 Å². The molecule has 2 aromatic heterocycles. The van der Waals surface area contributed by atoms with Crippen LogP contribution in [0.1, 0.15) is 23.4 Å². The molecule has 1 aliphatic rings. The SMILES string of the molecule is Cc1noc(C)c1-c1ncnc(NCC2CCN(C(=O)O)C2)c1C. The molecule has 2 N–H and O–H groups in total. The van der Waals surface area contributed by atoms with Crippen LogP contribution in [0.5, 0.6) is 0 Å². The molecule has 1 saturated heterocycles. The molecule has 0 spiro atoms. The Morgan fingerprint density at radius 1 is 1.42 bits per heavy atom. The van der Waals surface area contributed by atoms with Crippen LogP contribution in [0.2, 0.25) is 0 Å². The Bertz CT molecular complexity index is 739. The van der Waals surface area contributed by atoms with E-state index in [4.69, 9.17) is 9.63 Å². The van der Waals surface area contributed by atoms with Crippen LogP contribution in [-0.2, 0) is 0 Å². The number of amides is 1. The minimum atomic E-state index is -0.851. The van der Waals surface area contributed by atoms with Gasteiger partial charge in [0.2, 0.25) is 0 Å². The first-order valence-electron chi connectivity index (χ1n) is 7.94. The normalized spacial score (nSPS) is 17.3. The second-order valence-electron chi connectivity index (χ2n) is 6.16. The summed E-state index contributed by atoms with van der Waals surface area (Å²) in [6.45, 7) is 7.55. The van der Waals surface area contributed by atoms with E-state index in [0.29, 0.717) is 19.6 Å². The number of hydrogen-bond acceptors (Lipinski definition) is 6. The first kappa shape index (κ1) is 16.2. The van der Waals surface area contributed by atoms with Crippen molar-refractivity contribution in [3.05, 3.63) is 23.3 Å². The third-order valence-corrected chi connectivity index (χ3v) is 4.47. The number of carboxylic acid groups (broad SMARTS) is 1. The van der Waals surface area contributed by atoms with Crippen LogP contribution < -0.4 is 5.32 Å². The van der Waals surface area contributed by atoms with Gasteiger partial charge in [-0.1, -0.05) is 5.16 Å². The summed E-state index contributed by atoms with van der Waals surface area (Å²) in [6.07, 6.45) is 1.53. The number of rotatable bonds is 4. The highest BCUT2D eigenvalue weighted by Crippen LogP contribution is 2.30. The van der Waals surface area contributed by atoms with Crippen LogP contribution in [0.3, 0.4) is 0 Å². The maximum absolute atomic E-state index is 11.0. The molecule has 1 amide bonds. The predicted octanol–water partition coefficient (Wildman–Crippen LogP) is 2.47. The van der Waals surface area contributed by atoms with Gasteiger partial charge in [-0.15, -0.1) is 0 Å². The van der Waals surface area contributed by atoms with E-state index in [1.54, 1.807) is 0 Å². The lowest BCUT2D eigenvalue weighted by atomic mass is 10.1. The maximum atomic E-state index is 11.0. The van der Waals surface area contributed by atoms with E-state index < -0.39 is 6.09 Å². The summed E-state index contributed by atoms with van der Waals surface area (Å²) in [6, 6.07) is 0. The lowest BCUT2D eigenvalue weighted by Gasteiger charge is -2.15. The molecule has 0 aromatic carbocycles. The summed E-state index contributed by atoms with van der Waals surface area (Å²) in [7, 11) is 0. The van der Waals surface area contributed by atoms with E-state index in [0.717, 1.165) is 40.5 Å². The summed E-state index contributed by atoms with van der Waals surface area (Å²) in [5.74, 6) is 1.78. The molecule has 8 nitrogen and oxygen atoms in total. The third-order valence-electron chi connectivity index (χ3n) is 4.47. The Morgan fingerprint density at radius 2 is 2.21 bits per heavy atom. The van der Waals surface area contributed by atoms with Crippen molar-refractivity contribution in [2.45, 2.75) is 27.2 Å². The molecule has 3 heterocycles. The van der Waals surface area contributed by atoms with E-state index in [-0.39, 0.29) is 5.92 Å². The van der Waals surface area contributed by atoms with E-state index in [1.165, 1.54) is 11.2 Å². The highest BCUT2D eigenvalue weighted by atomic mass is 16.5. The van der Waals surface area contributed by atoms with Gasteiger partial charge in [0.05, 0.1) is 17.0 Å². The fourth-order valence-corrected chi connectivity index (χ4v) is 3.12. The van der Waals surface area contributed by atoms with Crippen molar-refractivity contribution >= 4 is 11.9 Å². The van der Waals surface area contributed by atoms with Gasteiger partial charge in [-0.3, -0.25) is 0 Å². The van der Waals surface area contributed by atoms with Gasteiger partial charge in [0.25, 0.3) is 0 Å². The van der Waals surface area contributed by atoms with Gasteiger partial charge >= 0.3 is 6.09 Å². The summed E-state index contributed by atoms with van der Waals surface area (Å²) in [5, 5.41) is 16.3. The van der Waals surface area contributed by atoms with Crippen molar-refractivity contribution in [2.24, 2.45) is 5.92 Å². The average Bonchev–Trinajstić information content (AvgIpc) is 3.14. The number of hydrogen-bond donors (Lipinski definition) is 2. The number of nitrogens with zero attached hydrogens (tertiary/aromatic N) is 4. The highest BCUT2D eigenvalue weighted by molar-refractivity contribution is 5.70. The van der Waals surface area contributed by atoms with Crippen molar-refractivity contribution in [3.8, 4) is 11.3 Å². The molecule has 3 rings (SSSR count). The van der Waals surface area contributed by atoms with Crippen LogP contribution >= 0.6 is 0 Å². The highest BCUT2D eigenvalue weighted by Gasteiger charge is 2.26. The van der Waals surface area contributed by atoms with E-state index in [2.05, 4.69) is 20.4 Å². The zero-order valence-corrected chi connectivity index (χ0v) is 14.0. The Morgan fingerprint density at radius 3 is 2.83 bits per heavy atom. The average molecular weight is 331 g/mol. The van der Waals surface area contributed by atoms with Crippen LogP contribution in [0.25, 0.3) is 11.3 Å². The Labute approximate surface area is 139 Å². The fourth-order valence-electron chi connectivity index (χ4n) is 3.12. The smallest absolute Gasteiger partial charge is 0.407 e. The van der Waals surface area contributed by atoms with E-state index >= 15 is 0 Å².